The number of carbonyl (C=O) groups excluding carboxylic acids is 2. The van der Waals surface area contributed by atoms with Gasteiger partial charge in [-0.1, -0.05) is 0 Å². The number of benzene rings is 1. The molecule has 0 saturated heterocycles. The van der Waals surface area contributed by atoms with Gasteiger partial charge in [0.1, 0.15) is 11.3 Å². The number of aliphatic hydroxyl groups is 1. The number of ether oxygens (including phenoxy) is 1. The van der Waals surface area contributed by atoms with Gasteiger partial charge in [0.2, 0.25) is 5.91 Å². The van der Waals surface area contributed by atoms with Crippen LogP contribution in [0.2, 0.25) is 0 Å². The number of aromatic hydroxyl groups is 1. The van der Waals surface area contributed by atoms with Gasteiger partial charge < -0.3 is 20.3 Å². The number of esters is 1. The molecular formula is C12H15NO5. The SMILES string of the molecule is COC(=O)c1ccc(NC(C)=O)c(CCO)c1O. The first-order valence-electron chi connectivity index (χ1n) is 5.32. The maximum atomic E-state index is 11.4. The molecule has 98 valence electrons. The summed E-state index contributed by atoms with van der Waals surface area (Å²) in [6.07, 6.45) is 0.117. The van der Waals surface area contributed by atoms with Crippen LogP contribution < -0.4 is 5.32 Å². The monoisotopic (exact) mass is 253 g/mol. The molecule has 0 spiro atoms. The Morgan fingerprint density at radius 3 is 2.56 bits per heavy atom. The number of nitrogens with one attached hydrogen (secondary N) is 1. The highest BCUT2D eigenvalue weighted by Gasteiger charge is 2.18. The van der Waals surface area contributed by atoms with Gasteiger partial charge in [0, 0.05) is 31.2 Å². The Morgan fingerprint density at radius 2 is 2.06 bits per heavy atom. The fourth-order valence-corrected chi connectivity index (χ4v) is 1.58. The van der Waals surface area contributed by atoms with Crippen LogP contribution >= 0.6 is 0 Å². The van der Waals surface area contributed by atoms with Crippen LogP contribution in [0.4, 0.5) is 5.69 Å². The van der Waals surface area contributed by atoms with Gasteiger partial charge in [0.15, 0.2) is 0 Å². The molecule has 0 saturated carbocycles. The summed E-state index contributed by atoms with van der Waals surface area (Å²) in [5.74, 6) is -1.28. The van der Waals surface area contributed by atoms with Crippen LogP contribution in [0.25, 0.3) is 0 Å². The third kappa shape index (κ3) is 2.98. The fraction of sp³-hybridized carbons (Fsp3) is 0.333. The predicted molar refractivity (Wildman–Crippen MR) is 64.5 cm³/mol. The van der Waals surface area contributed by atoms with Crippen LogP contribution in [0.3, 0.4) is 0 Å². The first kappa shape index (κ1) is 14.0. The van der Waals surface area contributed by atoms with Gasteiger partial charge in [0.25, 0.3) is 0 Å². The summed E-state index contributed by atoms with van der Waals surface area (Å²) < 4.78 is 4.52. The second-order valence-electron chi connectivity index (χ2n) is 3.63. The second-order valence-corrected chi connectivity index (χ2v) is 3.63. The van der Waals surface area contributed by atoms with Crippen molar-refractivity contribution < 1.29 is 24.5 Å². The number of aliphatic hydroxyl groups excluding tert-OH is 1. The summed E-state index contributed by atoms with van der Waals surface area (Å²) in [6.45, 7) is 1.11. The van der Waals surface area contributed by atoms with Gasteiger partial charge in [0.05, 0.1) is 7.11 Å². The summed E-state index contributed by atoms with van der Waals surface area (Å²) in [6, 6.07) is 2.84. The average Bonchev–Trinajstić information content (AvgIpc) is 2.32. The van der Waals surface area contributed by atoms with Crippen LogP contribution in [-0.4, -0.2) is 35.8 Å². The predicted octanol–water partition coefficient (Wildman–Crippen LogP) is 0.672. The molecule has 6 nitrogen and oxygen atoms in total. The third-order valence-electron chi connectivity index (χ3n) is 2.36. The highest BCUT2D eigenvalue weighted by Crippen LogP contribution is 2.30. The Hall–Kier alpha value is -2.08. The molecule has 3 N–H and O–H groups in total. The summed E-state index contributed by atoms with van der Waals surface area (Å²) in [7, 11) is 1.20. The fourth-order valence-electron chi connectivity index (χ4n) is 1.58. The Morgan fingerprint density at radius 1 is 1.39 bits per heavy atom. The molecule has 6 heteroatoms. The van der Waals surface area contributed by atoms with E-state index in [0.29, 0.717) is 11.3 Å². The van der Waals surface area contributed by atoms with E-state index >= 15 is 0 Å². The molecular weight excluding hydrogens is 238 g/mol. The minimum atomic E-state index is -0.680. The van der Waals surface area contributed by atoms with E-state index in [1.54, 1.807) is 0 Å². The number of phenols is 1. The Bertz CT molecular complexity index is 470. The minimum Gasteiger partial charge on any atom is -0.507 e. The number of amides is 1. The van der Waals surface area contributed by atoms with Crippen molar-refractivity contribution >= 4 is 17.6 Å². The Labute approximate surface area is 104 Å². The molecule has 0 aliphatic carbocycles. The normalized spacial score (nSPS) is 9.94. The molecule has 0 radical (unpaired) electrons. The van der Waals surface area contributed by atoms with Crippen LogP contribution in [0.5, 0.6) is 5.75 Å². The first-order chi connectivity index (χ1) is 8.51. The van der Waals surface area contributed by atoms with Gasteiger partial charge >= 0.3 is 5.97 Å². The summed E-state index contributed by atoms with van der Waals surface area (Å²) in [5, 5.41) is 21.4. The molecule has 0 atom stereocenters. The van der Waals surface area contributed by atoms with Gasteiger partial charge in [-0.3, -0.25) is 4.79 Å². The zero-order chi connectivity index (χ0) is 13.7. The van der Waals surface area contributed by atoms with E-state index in [1.165, 1.54) is 26.2 Å². The number of carbonyl (C=O) groups is 2. The molecule has 1 aromatic rings. The molecule has 1 amide bonds. The topological polar surface area (TPSA) is 95.9 Å². The van der Waals surface area contributed by atoms with Crippen LogP contribution in [0, 0.1) is 0 Å². The number of rotatable bonds is 4. The molecule has 0 aliphatic heterocycles. The lowest BCUT2D eigenvalue weighted by molar-refractivity contribution is -0.114. The van der Waals surface area contributed by atoms with E-state index in [4.69, 9.17) is 5.11 Å². The lowest BCUT2D eigenvalue weighted by atomic mass is 10.0. The summed E-state index contributed by atoms with van der Waals surface area (Å²) in [5.41, 5.74) is 0.660. The largest absolute Gasteiger partial charge is 0.507 e. The lowest BCUT2D eigenvalue weighted by Crippen LogP contribution is -2.11. The number of methoxy groups -OCH3 is 1. The van der Waals surface area contributed by atoms with Crippen LogP contribution in [0.15, 0.2) is 12.1 Å². The second kappa shape index (κ2) is 6.02. The zero-order valence-electron chi connectivity index (χ0n) is 10.2. The van der Waals surface area contributed by atoms with Gasteiger partial charge in [-0.15, -0.1) is 0 Å². The van der Waals surface area contributed by atoms with Crippen molar-refractivity contribution in [2.45, 2.75) is 13.3 Å². The highest BCUT2D eigenvalue weighted by atomic mass is 16.5. The van der Waals surface area contributed by atoms with E-state index in [0.717, 1.165) is 0 Å². The molecule has 1 rings (SSSR count). The Balaban J connectivity index is 3.27. The third-order valence-corrected chi connectivity index (χ3v) is 2.36. The lowest BCUT2D eigenvalue weighted by Gasteiger charge is -2.13. The molecule has 0 unspecified atom stereocenters. The van der Waals surface area contributed by atoms with Gasteiger partial charge in [-0.25, -0.2) is 4.79 Å². The van der Waals surface area contributed by atoms with Crippen molar-refractivity contribution in [3.63, 3.8) is 0 Å². The molecule has 0 bridgehead atoms. The average molecular weight is 253 g/mol. The molecule has 1 aromatic carbocycles. The summed E-state index contributed by atoms with van der Waals surface area (Å²) in [4.78, 5) is 22.4. The van der Waals surface area contributed by atoms with Crippen molar-refractivity contribution in [2.75, 3.05) is 19.0 Å². The van der Waals surface area contributed by atoms with Crippen molar-refractivity contribution in [1.29, 1.82) is 0 Å². The maximum Gasteiger partial charge on any atom is 0.341 e. The highest BCUT2D eigenvalue weighted by molar-refractivity contribution is 5.96. The molecule has 0 heterocycles. The number of hydrogen-bond acceptors (Lipinski definition) is 5. The van der Waals surface area contributed by atoms with E-state index in [2.05, 4.69) is 10.1 Å². The van der Waals surface area contributed by atoms with E-state index in [9.17, 15) is 14.7 Å². The van der Waals surface area contributed by atoms with Crippen molar-refractivity contribution in [2.24, 2.45) is 0 Å². The molecule has 0 aliphatic rings. The van der Waals surface area contributed by atoms with Crippen LogP contribution in [0.1, 0.15) is 22.8 Å². The van der Waals surface area contributed by atoms with E-state index in [-0.39, 0.29) is 30.2 Å². The van der Waals surface area contributed by atoms with E-state index in [1.807, 2.05) is 0 Å². The van der Waals surface area contributed by atoms with Crippen molar-refractivity contribution in [3.05, 3.63) is 23.3 Å². The zero-order valence-corrected chi connectivity index (χ0v) is 10.2. The van der Waals surface area contributed by atoms with E-state index < -0.39 is 5.97 Å². The number of anilines is 1. The van der Waals surface area contributed by atoms with Gasteiger partial charge in [-0.2, -0.15) is 0 Å². The summed E-state index contributed by atoms with van der Waals surface area (Å²) >= 11 is 0. The van der Waals surface area contributed by atoms with Crippen LogP contribution in [-0.2, 0) is 16.0 Å². The quantitative estimate of drug-likeness (QED) is 0.685. The number of phenolic OH excluding ortho intramolecular Hbond substituents is 1. The smallest absolute Gasteiger partial charge is 0.341 e. The Kier molecular flexibility index (Phi) is 4.67. The molecule has 0 aromatic heterocycles. The number of hydrogen-bond donors (Lipinski definition) is 3. The van der Waals surface area contributed by atoms with Crippen molar-refractivity contribution in [3.8, 4) is 5.75 Å². The molecule has 0 fully saturated rings. The van der Waals surface area contributed by atoms with Crippen molar-refractivity contribution in [1.82, 2.24) is 0 Å². The first-order valence-corrected chi connectivity index (χ1v) is 5.32. The molecule has 18 heavy (non-hydrogen) atoms. The maximum absolute atomic E-state index is 11.4. The standard InChI is InChI=1S/C12H15NO5/c1-7(15)13-10-4-3-9(12(17)18-2)11(16)8(10)5-6-14/h3-4,14,16H,5-6H2,1-2H3,(H,13,15). The van der Waals surface area contributed by atoms with Gasteiger partial charge in [-0.05, 0) is 12.1 Å². The minimum absolute atomic E-state index is 0.00458.